The number of urea groups is 1. The van der Waals surface area contributed by atoms with E-state index in [1.165, 1.54) is 16.7 Å². The van der Waals surface area contributed by atoms with Crippen molar-refractivity contribution < 1.29 is 4.79 Å². The number of hydrogen-bond donors (Lipinski definition) is 2. The van der Waals surface area contributed by atoms with Crippen LogP contribution in [-0.2, 0) is 19.3 Å². The first-order chi connectivity index (χ1) is 13.8. The standard InChI is InChI=1S/C23H24N4O/c28-23(24-20-14-6-9-16-8-4-5-12-18(16)20)25-22-19-13-7-15-21(19)26-27(22)17-10-2-1-3-11-17/h1-5,8,10-12,20H,6-7,9,13-15H2,(H2,24,25,28)/t20-/m0/s1. The number of carbonyl (C=O) groups excluding carboxylic acids is 1. The predicted octanol–water partition coefficient (Wildman–Crippen LogP) is 4.56. The van der Waals surface area contributed by atoms with Crippen molar-refractivity contribution in [2.24, 2.45) is 0 Å². The molecule has 0 spiro atoms. The van der Waals surface area contributed by atoms with Crippen LogP contribution in [0.4, 0.5) is 10.6 Å². The van der Waals surface area contributed by atoms with E-state index >= 15 is 0 Å². The second-order valence-corrected chi connectivity index (χ2v) is 7.62. The van der Waals surface area contributed by atoms with Gasteiger partial charge in [0.05, 0.1) is 17.4 Å². The van der Waals surface area contributed by atoms with Crippen LogP contribution in [0.5, 0.6) is 0 Å². The minimum absolute atomic E-state index is 0.0612. The fourth-order valence-corrected chi connectivity index (χ4v) is 4.48. The third-order valence-electron chi connectivity index (χ3n) is 5.81. The molecule has 0 saturated heterocycles. The lowest BCUT2D eigenvalue weighted by molar-refractivity contribution is 0.247. The fraction of sp³-hybridized carbons (Fsp3) is 0.304. The number of rotatable bonds is 3. The van der Waals surface area contributed by atoms with Gasteiger partial charge in [-0.05, 0) is 61.8 Å². The normalized spacial score (nSPS) is 17.6. The predicted molar refractivity (Wildman–Crippen MR) is 110 cm³/mol. The molecule has 1 heterocycles. The third-order valence-corrected chi connectivity index (χ3v) is 5.81. The first kappa shape index (κ1) is 17.0. The maximum absolute atomic E-state index is 12.9. The molecule has 5 rings (SSSR count). The van der Waals surface area contributed by atoms with E-state index in [9.17, 15) is 4.79 Å². The molecule has 28 heavy (non-hydrogen) atoms. The highest BCUT2D eigenvalue weighted by molar-refractivity contribution is 5.90. The molecule has 0 radical (unpaired) electrons. The summed E-state index contributed by atoms with van der Waals surface area (Å²) < 4.78 is 1.87. The third kappa shape index (κ3) is 3.07. The Morgan fingerprint density at radius 1 is 0.964 bits per heavy atom. The largest absolute Gasteiger partial charge is 0.331 e. The van der Waals surface area contributed by atoms with E-state index in [2.05, 4.69) is 28.8 Å². The molecule has 5 heteroatoms. The van der Waals surface area contributed by atoms with Gasteiger partial charge in [-0.2, -0.15) is 5.10 Å². The lowest BCUT2D eigenvalue weighted by Crippen LogP contribution is -2.35. The molecule has 2 aliphatic rings. The Morgan fingerprint density at radius 3 is 2.68 bits per heavy atom. The van der Waals surface area contributed by atoms with Gasteiger partial charge in [0.25, 0.3) is 0 Å². The number of benzene rings is 2. The Hall–Kier alpha value is -3.08. The molecule has 2 N–H and O–H groups in total. The van der Waals surface area contributed by atoms with Crippen molar-refractivity contribution in [1.29, 1.82) is 0 Å². The molecule has 2 aliphatic carbocycles. The van der Waals surface area contributed by atoms with Crippen LogP contribution < -0.4 is 10.6 Å². The summed E-state index contributed by atoms with van der Waals surface area (Å²) >= 11 is 0. The SMILES string of the molecule is O=C(Nc1c2c(nn1-c1ccccc1)CCC2)N[C@H]1CCCc2ccccc21. The van der Waals surface area contributed by atoms with E-state index in [0.29, 0.717) is 0 Å². The topological polar surface area (TPSA) is 59.0 Å². The molecule has 3 aromatic rings. The number of carbonyl (C=O) groups is 1. The van der Waals surface area contributed by atoms with Gasteiger partial charge < -0.3 is 5.32 Å². The van der Waals surface area contributed by atoms with E-state index in [1.807, 2.05) is 41.1 Å². The molecule has 0 bridgehead atoms. The lowest BCUT2D eigenvalue weighted by Gasteiger charge is -2.26. The van der Waals surface area contributed by atoms with Crippen molar-refractivity contribution in [3.8, 4) is 5.69 Å². The molecular weight excluding hydrogens is 348 g/mol. The number of nitrogens with zero attached hydrogens (tertiary/aromatic N) is 2. The monoisotopic (exact) mass is 372 g/mol. The molecule has 2 aromatic carbocycles. The maximum atomic E-state index is 12.9. The minimum atomic E-state index is -0.159. The summed E-state index contributed by atoms with van der Waals surface area (Å²) in [6.07, 6.45) is 6.19. The van der Waals surface area contributed by atoms with Crippen LogP contribution in [0.3, 0.4) is 0 Å². The van der Waals surface area contributed by atoms with Crippen LogP contribution in [-0.4, -0.2) is 15.8 Å². The number of nitrogens with one attached hydrogen (secondary N) is 2. The fourth-order valence-electron chi connectivity index (χ4n) is 4.48. The van der Waals surface area contributed by atoms with Gasteiger partial charge in [0, 0.05) is 5.56 Å². The van der Waals surface area contributed by atoms with Crippen LogP contribution in [0.2, 0.25) is 0 Å². The van der Waals surface area contributed by atoms with Crippen molar-refractivity contribution in [3.63, 3.8) is 0 Å². The summed E-state index contributed by atoms with van der Waals surface area (Å²) in [5.74, 6) is 0.806. The number of para-hydroxylation sites is 1. The highest BCUT2D eigenvalue weighted by atomic mass is 16.2. The summed E-state index contributed by atoms with van der Waals surface area (Å²) in [7, 11) is 0. The second-order valence-electron chi connectivity index (χ2n) is 7.62. The number of fused-ring (bicyclic) bond motifs is 2. The second kappa shape index (κ2) is 7.15. The summed E-state index contributed by atoms with van der Waals surface area (Å²) in [4.78, 5) is 12.9. The molecular formula is C23H24N4O. The van der Waals surface area contributed by atoms with Gasteiger partial charge in [-0.3, -0.25) is 5.32 Å². The van der Waals surface area contributed by atoms with Crippen LogP contribution in [0.25, 0.3) is 5.69 Å². The van der Waals surface area contributed by atoms with Gasteiger partial charge >= 0.3 is 6.03 Å². The van der Waals surface area contributed by atoms with Gasteiger partial charge in [-0.25, -0.2) is 9.48 Å². The van der Waals surface area contributed by atoms with Crippen molar-refractivity contribution in [2.45, 2.75) is 44.6 Å². The first-order valence-corrected chi connectivity index (χ1v) is 10.1. The van der Waals surface area contributed by atoms with Gasteiger partial charge in [0.1, 0.15) is 5.82 Å². The van der Waals surface area contributed by atoms with Crippen molar-refractivity contribution in [2.75, 3.05) is 5.32 Å². The highest BCUT2D eigenvalue weighted by Gasteiger charge is 2.26. The number of amides is 2. The van der Waals surface area contributed by atoms with Crippen molar-refractivity contribution >= 4 is 11.8 Å². The first-order valence-electron chi connectivity index (χ1n) is 10.1. The zero-order valence-corrected chi connectivity index (χ0v) is 15.8. The molecule has 0 aliphatic heterocycles. The molecule has 5 nitrogen and oxygen atoms in total. The van der Waals surface area contributed by atoms with E-state index < -0.39 is 0 Å². The van der Waals surface area contributed by atoms with Gasteiger partial charge in [-0.15, -0.1) is 0 Å². The molecule has 0 saturated carbocycles. The Balaban J connectivity index is 1.40. The summed E-state index contributed by atoms with van der Waals surface area (Å²) in [5, 5.41) is 11.1. The van der Waals surface area contributed by atoms with E-state index in [0.717, 1.165) is 55.7 Å². The number of aryl methyl sites for hydroxylation is 2. The molecule has 1 aromatic heterocycles. The molecule has 2 amide bonds. The minimum Gasteiger partial charge on any atom is -0.331 e. The van der Waals surface area contributed by atoms with Crippen molar-refractivity contribution in [1.82, 2.24) is 15.1 Å². The molecule has 0 unspecified atom stereocenters. The lowest BCUT2D eigenvalue weighted by atomic mass is 9.88. The number of hydrogen-bond acceptors (Lipinski definition) is 2. The molecule has 142 valence electrons. The quantitative estimate of drug-likeness (QED) is 0.708. The maximum Gasteiger partial charge on any atom is 0.320 e. The Kier molecular flexibility index (Phi) is 4.35. The molecule has 1 atom stereocenters. The zero-order chi connectivity index (χ0) is 18.9. The van der Waals surface area contributed by atoms with E-state index in [-0.39, 0.29) is 12.1 Å². The van der Waals surface area contributed by atoms with Gasteiger partial charge in [-0.1, -0.05) is 42.5 Å². The Labute approximate surface area is 164 Å². The summed E-state index contributed by atoms with van der Waals surface area (Å²) in [5.41, 5.74) is 5.82. The summed E-state index contributed by atoms with van der Waals surface area (Å²) in [6.45, 7) is 0. The zero-order valence-electron chi connectivity index (χ0n) is 15.8. The molecule has 0 fully saturated rings. The summed E-state index contributed by atoms with van der Waals surface area (Å²) in [6, 6.07) is 18.3. The Bertz CT molecular complexity index is 1010. The average molecular weight is 372 g/mol. The van der Waals surface area contributed by atoms with Gasteiger partial charge in [0.15, 0.2) is 0 Å². The van der Waals surface area contributed by atoms with Crippen molar-refractivity contribution in [3.05, 3.63) is 77.0 Å². The van der Waals surface area contributed by atoms with E-state index in [4.69, 9.17) is 5.10 Å². The number of aromatic nitrogens is 2. The van der Waals surface area contributed by atoms with Gasteiger partial charge in [0.2, 0.25) is 0 Å². The van der Waals surface area contributed by atoms with Crippen LogP contribution in [0.15, 0.2) is 54.6 Å². The van der Waals surface area contributed by atoms with Crippen LogP contribution in [0, 0.1) is 0 Å². The smallest absolute Gasteiger partial charge is 0.320 e. The van der Waals surface area contributed by atoms with E-state index in [1.54, 1.807) is 0 Å². The average Bonchev–Trinajstić information content (AvgIpc) is 3.32. The van der Waals surface area contributed by atoms with Crippen LogP contribution >= 0.6 is 0 Å². The Morgan fingerprint density at radius 2 is 1.79 bits per heavy atom. The number of anilines is 1. The van der Waals surface area contributed by atoms with Crippen LogP contribution in [0.1, 0.15) is 47.7 Å². The highest BCUT2D eigenvalue weighted by Crippen LogP contribution is 2.32.